The molecule has 1 aliphatic rings. The van der Waals surface area contributed by atoms with Gasteiger partial charge in [0.1, 0.15) is 17.0 Å². The lowest BCUT2D eigenvalue weighted by molar-refractivity contribution is 0.0293. The fraction of sp³-hybridized carbons (Fsp3) is 0.571. The second-order valence-electron chi connectivity index (χ2n) is 6.26. The van der Waals surface area contributed by atoms with Gasteiger partial charge in [-0.15, -0.1) is 0 Å². The number of nitrogens with zero attached hydrogens (tertiary/aromatic N) is 3. The van der Waals surface area contributed by atoms with Crippen LogP contribution in [0.4, 0.5) is 10.6 Å². The molecule has 0 aliphatic carbocycles. The maximum Gasteiger partial charge on any atom is 0.410 e. The third-order valence-corrected chi connectivity index (χ3v) is 3.35. The predicted molar refractivity (Wildman–Crippen MR) is 83.8 cm³/mol. The Labute approximate surface area is 138 Å². The van der Waals surface area contributed by atoms with Crippen LogP contribution in [-0.4, -0.2) is 56.8 Å². The number of carboxylic acid groups (broad SMARTS) is 1. The number of amides is 1. The average Bonchev–Trinajstić information content (AvgIpc) is 2.85. The van der Waals surface area contributed by atoms with E-state index in [1.807, 2.05) is 0 Å². The first kappa shape index (κ1) is 17.3. The highest BCUT2D eigenvalue weighted by Gasteiger charge is 2.30. The van der Waals surface area contributed by atoms with Gasteiger partial charge in [-0.1, -0.05) is 0 Å². The van der Waals surface area contributed by atoms with E-state index in [0.717, 1.165) is 6.20 Å². The van der Waals surface area contributed by atoms with E-state index >= 15 is 0 Å². The molecule has 1 saturated heterocycles. The molecular weight excluding hydrogens is 324 g/mol. The highest BCUT2D eigenvalue weighted by atomic mass is 35.5. The minimum atomic E-state index is -1.15. The zero-order valence-electron chi connectivity index (χ0n) is 13.2. The summed E-state index contributed by atoms with van der Waals surface area (Å²) in [5, 5.41) is 12.1. The molecule has 1 aromatic heterocycles. The summed E-state index contributed by atoms with van der Waals surface area (Å²) in [4.78, 5) is 32.4. The maximum atomic E-state index is 12.0. The van der Waals surface area contributed by atoms with Crippen molar-refractivity contribution in [3.05, 3.63) is 17.0 Å². The van der Waals surface area contributed by atoms with E-state index in [4.69, 9.17) is 21.4 Å². The van der Waals surface area contributed by atoms with Gasteiger partial charge in [0, 0.05) is 25.3 Å². The van der Waals surface area contributed by atoms with Gasteiger partial charge in [-0.2, -0.15) is 4.98 Å². The van der Waals surface area contributed by atoms with Gasteiger partial charge < -0.3 is 20.1 Å². The van der Waals surface area contributed by atoms with Gasteiger partial charge in [-0.05, 0) is 38.8 Å². The van der Waals surface area contributed by atoms with Crippen molar-refractivity contribution in [1.29, 1.82) is 0 Å². The van der Waals surface area contributed by atoms with Gasteiger partial charge in [-0.3, -0.25) is 0 Å². The Kier molecular flexibility index (Phi) is 4.93. The molecule has 1 aromatic rings. The van der Waals surface area contributed by atoms with E-state index in [1.54, 1.807) is 25.7 Å². The number of aromatic nitrogens is 2. The summed E-state index contributed by atoms with van der Waals surface area (Å²) in [5.74, 6) is -1.00. The summed E-state index contributed by atoms with van der Waals surface area (Å²) in [5.41, 5.74) is -0.621. The molecule has 2 N–H and O–H groups in total. The number of carboxylic acids is 1. The Bertz CT molecular complexity index is 617. The monoisotopic (exact) mass is 342 g/mol. The maximum absolute atomic E-state index is 12.0. The van der Waals surface area contributed by atoms with Crippen molar-refractivity contribution in [3.63, 3.8) is 0 Å². The molecule has 0 unspecified atom stereocenters. The average molecular weight is 343 g/mol. The molecule has 1 aliphatic heterocycles. The fourth-order valence-corrected chi connectivity index (χ4v) is 2.32. The number of rotatable bonds is 3. The summed E-state index contributed by atoms with van der Waals surface area (Å²) in [6.45, 7) is 6.33. The number of carbonyl (C=O) groups is 2. The summed E-state index contributed by atoms with van der Waals surface area (Å²) in [6, 6.07) is -0.133. The molecule has 1 amide bonds. The number of halogens is 1. The van der Waals surface area contributed by atoms with Crippen LogP contribution >= 0.6 is 11.6 Å². The van der Waals surface area contributed by atoms with Crippen molar-refractivity contribution in [2.75, 3.05) is 18.4 Å². The minimum Gasteiger partial charge on any atom is -0.477 e. The van der Waals surface area contributed by atoms with Crippen molar-refractivity contribution < 1.29 is 19.4 Å². The first-order chi connectivity index (χ1) is 10.7. The van der Waals surface area contributed by atoms with E-state index in [-0.39, 0.29) is 28.8 Å². The van der Waals surface area contributed by atoms with Crippen LogP contribution in [0.2, 0.25) is 5.28 Å². The van der Waals surface area contributed by atoms with Crippen molar-refractivity contribution >= 4 is 29.5 Å². The number of hydrogen-bond donors (Lipinski definition) is 2. The summed E-state index contributed by atoms with van der Waals surface area (Å²) in [6.07, 6.45) is 1.42. The normalized spacial score (nSPS) is 17.9. The zero-order chi connectivity index (χ0) is 17.2. The fourth-order valence-electron chi connectivity index (χ4n) is 2.19. The largest absolute Gasteiger partial charge is 0.477 e. The third kappa shape index (κ3) is 4.69. The standard InChI is InChI=1S/C14H19ClN4O4/c1-14(2,3)23-13(22)19-5-4-8(7-19)17-10-9(11(20)21)6-16-12(15)18-10/h6,8H,4-5,7H2,1-3H3,(H,20,21)(H,16,17,18)/t8-/m0/s1. The lowest BCUT2D eigenvalue weighted by Crippen LogP contribution is -2.36. The molecule has 0 bridgehead atoms. The quantitative estimate of drug-likeness (QED) is 0.811. The molecule has 0 radical (unpaired) electrons. The van der Waals surface area contributed by atoms with Crippen LogP contribution in [0.15, 0.2) is 6.20 Å². The number of likely N-dealkylation sites (tertiary alicyclic amines) is 1. The third-order valence-electron chi connectivity index (χ3n) is 3.17. The SMILES string of the molecule is CC(C)(C)OC(=O)N1CC[C@H](Nc2nc(Cl)ncc2C(=O)O)C1. The number of hydrogen-bond acceptors (Lipinski definition) is 6. The molecule has 2 heterocycles. The number of nitrogens with one attached hydrogen (secondary N) is 1. The van der Waals surface area contributed by atoms with Gasteiger partial charge in [0.25, 0.3) is 0 Å². The van der Waals surface area contributed by atoms with Gasteiger partial charge in [0.05, 0.1) is 0 Å². The Hall–Kier alpha value is -2.09. The molecule has 23 heavy (non-hydrogen) atoms. The lowest BCUT2D eigenvalue weighted by atomic mass is 10.2. The van der Waals surface area contributed by atoms with Crippen LogP contribution in [0.25, 0.3) is 0 Å². The molecule has 0 spiro atoms. The number of carbonyl (C=O) groups excluding carboxylic acids is 1. The number of ether oxygens (including phenoxy) is 1. The van der Waals surface area contributed by atoms with Crippen LogP contribution in [0.5, 0.6) is 0 Å². The Morgan fingerprint density at radius 2 is 2.17 bits per heavy atom. The van der Waals surface area contributed by atoms with Gasteiger partial charge >= 0.3 is 12.1 Å². The molecule has 8 nitrogen and oxygen atoms in total. The number of anilines is 1. The Morgan fingerprint density at radius 3 is 2.78 bits per heavy atom. The summed E-state index contributed by atoms with van der Waals surface area (Å²) < 4.78 is 5.32. The highest BCUT2D eigenvalue weighted by molar-refractivity contribution is 6.28. The van der Waals surface area contributed by atoms with Crippen molar-refractivity contribution in [3.8, 4) is 0 Å². The molecule has 0 saturated carbocycles. The Morgan fingerprint density at radius 1 is 1.48 bits per heavy atom. The predicted octanol–water partition coefficient (Wildman–Crippen LogP) is 2.25. The van der Waals surface area contributed by atoms with Crippen LogP contribution < -0.4 is 5.32 Å². The highest BCUT2D eigenvalue weighted by Crippen LogP contribution is 2.20. The molecule has 126 valence electrons. The Balaban J connectivity index is 2.02. The molecule has 2 rings (SSSR count). The summed E-state index contributed by atoms with van der Waals surface area (Å²) in [7, 11) is 0. The van der Waals surface area contributed by atoms with E-state index < -0.39 is 11.6 Å². The zero-order valence-corrected chi connectivity index (χ0v) is 13.9. The van der Waals surface area contributed by atoms with Gasteiger partial charge in [-0.25, -0.2) is 14.6 Å². The minimum absolute atomic E-state index is 0.0421. The second-order valence-corrected chi connectivity index (χ2v) is 6.60. The smallest absolute Gasteiger partial charge is 0.410 e. The van der Waals surface area contributed by atoms with E-state index in [0.29, 0.717) is 19.5 Å². The van der Waals surface area contributed by atoms with E-state index in [9.17, 15) is 9.59 Å². The van der Waals surface area contributed by atoms with Gasteiger partial charge in [0.2, 0.25) is 5.28 Å². The molecule has 0 aromatic carbocycles. The molecule has 1 fully saturated rings. The lowest BCUT2D eigenvalue weighted by Gasteiger charge is -2.24. The van der Waals surface area contributed by atoms with E-state index in [1.165, 1.54) is 0 Å². The number of aromatic carboxylic acids is 1. The topological polar surface area (TPSA) is 105 Å². The molecule has 1 atom stereocenters. The van der Waals surface area contributed by atoms with Crippen LogP contribution in [0.3, 0.4) is 0 Å². The van der Waals surface area contributed by atoms with Crippen LogP contribution in [0.1, 0.15) is 37.6 Å². The second kappa shape index (κ2) is 6.57. The summed E-state index contributed by atoms with van der Waals surface area (Å²) >= 11 is 5.72. The van der Waals surface area contributed by atoms with Crippen molar-refractivity contribution in [1.82, 2.24) is 14.9 Å². The van der Waals surface area contributed by atoms with Crippen molar-refractivity contribution in [2.45, 2.75) is 38.8 Å². The first-order valence-electron chi connectivity index (χ1n) is 7.16. The molecule has 9 heteroatoms. The molecular formula is C14H19ClN4O4. The van der Waals surface area contributed by atoms with Crippen LogP contribution in [0, 0.1) is 0 Å². The van der Waals surface area contributed by atoms with Crippen LogP contribution in [-0.2, 0) is 4.74 Å². The van der Waals surface area contributed by atoms with Crippen molar-refractivity contribution in [2.24, 2.45) is 0 Å². The first-order valence-corrected chi connectivity index (χ1v) is 7.54. The van der Waals surface area contributed by atoms with Gasteiger partial charge in [0.15, 0.2) is 0 Å². The van der Waals surface area contributed by atoms with E-state index in [2.05, 4.69) is 15.3 Å².